The Labute approximate surface area is 120 Å². The zero-order chi connectivity index (χ0) is 13.7. The van der Waals surface area contributed by atoms with Gasteiger partial charge in [0.25, 0.3) is 0 Å². The van der Waals surface area contributed by atoms with Gasteiger partial charge in [0.2, 0.25) is 0 Å². The van der Waals surface area contributed by atoms with Crippen molar-refractivity contribution in [2.45, 2.75) is 13.0 Å². The molecule has 1 aliphatic rings. The molecule has 0 spiro atoms. The lowest BCUT2D eigenvalue weighted by Crippen LogP contribution is -2.23. The number of nitrogens with two attached hydrogens (primary N) is 1. The number of ether oxygens (including phenoxy) is 1. The van der Waals surface area contributed by atoms with Gasteiger partial charge < -0.3 is 10.5 Å². The van der Waals surface area contributed by atoms with Crippen molar-refractivity contribution in [1.82, 2.24) is 4.90 Å². The van der Waals surface area contributed by atoms with Crippen LogP contribution in [0.15, 0.2) is 30.9 Å². The summed E-state index contributed by atoms with van der Waals surface area (Å²) in [5.74, 6) is 1.51. The molecule has 19 heavy (non-hydrogen) atoms. The Morgan fingerprint density at radius 2 is 2.37 bits per heavy atom. The van der Waals surface area contributed by atoms with Crippen molar-refractivity contribution in [3.05, 3.63) is 41.4 Å². The maximum atomic E-state index is 6.08. The van der Waals surface area contributed by atoms with Gasteiger partial charge in [-0.05, 0) is 43.6 Å². The second kappa shape index (κ2) is 6.94. The van der Waals surface area contributed by atoms with E-state index in [4.69, 9.17) is 22.1 Å². The molecular weight excluding hydrogens is 260 g/mol. The average molecular weight is 281 g/mol. The fraction of sp³-hybridized carbons (Fsp3) is 0.467. The molecule has 1 heterocycles. The third kappa shape index (κ3) is 3.96. The van der Waals surface area contributed by atoms with E-state index in [-0.39, 0.29) is 0 Å². The summed E-state index contributed by atoms with van der Waals surface area (Å²) in [4.78, 5) is 2.41. The SMILES string of the molecule is C=CCOc1ccc(Cl)cc1CN1CCC(CN)C1. The molecule has 0 saturated carbocycles. The van der Waals surface area contributed by atoms with Gasteiger partial charge in [0.15, 0.2) is 0 Å². The Morgan fingerprint density at radius 1 is 1.53 bits per heavy atom. The molecule has 2 N–H and O–H groups in total. The Kier molecular flexibility index (Phi) is 5.25. The smallest absolute Gasteiger partial charge is 0.124 e. The third-order valence-electron chi connectivity index (χ3n) is 3.48. The molecule has 0 bridgehead atoms. The van der Waals surface area contributed by atoms with Crippen LogP contribution in [0, 0.1) is 5.92 Å². The Balaban J connectivity index is 2.05. The van der Waals surface area contributed by atoms with E-state index >= 15 is 0 Å². The summed E-state index contributed by atoms with van der Waals surface area (Å²) in [7, 11) is 0. The molecule has 1 fully saturated rings. The van der Waals surface area contributed by atoms with Gasteiger partial charge in [-0.15, -0.1) is 0 Å². The van der Waals surface area contributed by atoms with E-state index < -0.39 is 0 Å². The Morgan fingerprint density at radius 3 is 3.05 bits per heavy atom. The van der Waals surface area contributed by atoms with Gasteiger partial charge >= 0.3 is 0 Å². The first-order chi connectivity index (χ1) is 9.22. The highest BCUT2D eigenvalue weighted by Gasteiger charge is 2.22. The monoisotopic (exact) mass is 280 g/mol. The summed E-state index contributed by atoms with van der Waals surface area (Å²) < 4.78 is 5.68. The number of nitrogens with zero attached hydrogens (tertiary/aromatic N) is 1. The van der Waals surface area contributed by atoms with Crippen LogP contribution in [0.1, 0.15) is 12.0 Å². The quantitative estimate of drug-likeness (QED) is 0.814. The number of likely N-dealkylation sites (tertiary alicyclic amines) is 1. The van der Waals surface area contributed by atoms with Gasteiger partial charge in [0.1, 0.15) is 12.4 Å². The molecule has 1 aliphatic heterocycles. The van der Waals surface area contributed by atoms with Crippen molar-refractivity contribution < 1.29 is 4.74 Å². The van der Waals surface area contributed by atoms with Crippen LogP contribution in [0.25, 0.3) is 0 Å². The third-order valence-corrected chi connectivity index (χ3v) is 3.71. The summed E-state index contributed by atoms with van der Waals surface area (Å²) in [5.41, 5.74) is 6.86. The number of benzene rings is 1. The van der Waals surface area contributed by atoms with E-state index in [2.05, 4.69) is 11.5 Å². The predicted molar refractivity (Wildman–Crippen MR) is 79.6 cm³/mol. The first-order valence-electron chi connectivity index (χ1n) is 6.67. The van der Waals surface area contributed by atoms with Gasteiger partial charge in [0.05, 0.1) is 0 Å². The van der Waals surface area contributed by atoms with E-state index in [0.29, 0.717) is 12.5 Å². The molecule has 0 radical (unpaired) electrons. The zero-order valence-corrected chi connectivity index (χ0v) is 11.9. The number of rotatable bonds is 6. The average Bonchev–Trinajstić information content (AvgIpc) is 2.85. The van der Waals surface area contributed by atoms with Gasteiger partial charge in [-0.25, -0.2) is 0 Å². The van der Waals surface area contributed by atoms with Crippen molar-refractivity contribution in [2.24, 2.45) is 11.7 Å². The highest BCUT2D eigenvalue weighted by Crippen LogP contribution is 2.26. The molecule has 104 valence electrons. The van der Waals surface area contributed by atoms with Crippen LogP contribution in [-0.4, -0.2) is 31.1 Å². The summed E-state index contributed by atoms with van der Waals surface area (Å²) in [5, 5.41) is 0.746. The standard InChI is InChI=1S/C15H21ClN2O/c1-2-7-19-15-4-3-14(16)8-13(15)11-18-6-5-12(9-17)10-18/h2-4,8,12H,1,5-7,9-11,17H2. The molecule has 1 unspecified atom stereocenters. The number of hydrogen-bond donors (Lipinski definition) is 1. The highest BCUT2D eigenvalue weighted by molar-refractivity contribution is 6.30. The topological polar surface area (TPSA) is 38.5 Å². The van der Waals surface area contributed by atoms with Crippen LogP contribution in [0.2, 0.25) is 5.02 Å². The molecule has 2 rings (SSSR count). The Bertz CT molecular complexity index is 436. The van der Waals surface area contributed by atoms with Crippen molar-refractivity contribution >= 4 is 11.6 Å². The first-order valence-corrected chi connectivity index (χ1v) is 7.05. The molecule has 0 amide bonds. The largest absolute Gasteiger partial charge is 0.489 e. The van der Waals surface area contributed by atoms with Crippen LogP contribution in [0.3, 0.4) is 0 Å². The minimum absolute atomic E-state index is 0.514. The van der Waals surface area contributed by atoms with Crippen molar-refractivity contribution in [3.63, 3.8) is 0 Å². The van der Waals surface area contributed by atoms with E-state index in [1.165, 1.54) is 6.42 Å². The normalized spacial score (nSPS) is 19.6. The van der Waals surface area contributed by atoms with Crippen LogP contribution < -0.4 is 10.5 Å². The molecule has 1 aromatic rings. The molecule has 1 saturated heterocycles. The van der Waals surface area contributed by atoms with E-state index in [1.807, 2.05) is 18.2 Å². The van der Waals surface area contributed by atoms with Crippen LogP contribution in [-0.2, 0) is 6.54 Å². The molecule has 3 nitrogen and oxygen atoms in total. The molecule has 1 atom stereocenters. The minimum Gasteiger partial charge on any atom is -0.489 e. The van der Waals surface area contributed by atoms with Crippen molar-refractivity contribution in [1.29, 1.82) is 0 Å². The molecule has 4 heteroatoms. The predicted octanol–water partition coefficient (Wildman–Crippen LogP) is 2.69. The van der Waals surface area contributed by atoms with Crippen LogP contribution in [0.5, 0.6) is 5.75 Å². The lowest BCUT2D eigenvalue weighted by atomic mass is 10.1. The van der Waals surface area contributed by atoms with Crippen molar-refractivity contribution in [3.8, 4) is 5.75 Å². The minimum atomic E-state index is 0.514. The summed E-state index contributed by atoms with van der Waals surface area (Å²) >= 11 is 6.08. The number of halogens is 1. The van der Waals surface area contributed by atoms with Gasteiger partial charge in [0, 0.05) is 23.7 Å². The maximum absolute atomic E-state index is 6.08. The van der Waals surface area contributed by atoms with Crippen LogP contribution >= 0.6 is 11.6 Å². The highest BCUT2D eigenvalue weighted by atomic mass is 35.5. The second-order valence-corrected chi connectivity index (χ2v) is 5.41. The molecular formula is C15H21ClN2O. The van der Waals surface area contributed by atoms with Gasteiger partial charge in [-0.1, -0.05) is 24.3 Å². The van der Waals surface area contributed by atoms with Crippen LogP contribution in [0.4, 0.5) is 0 Å². The first kappa shape index (κ1) is 14.4. The molecule has 1 aromatic carbocycles. The summed E-state index contributed by atoms with van der Waals surface area (Å²) in [6.45, 7) is 7.97. The van der Waals surface area contributed by atoms with E-state index in [0.717, 1.165) is 42.5 Å². The van der Waals surface area contributed by atoms with E-state index in [1.54, 1.807) is 6.08 Å². The molecule has 0 aromatic heterocycles. The second-order valence-electron chi connectivity index (χ2n) is 4.98. The van der Waals surface area contributed by atoms with Gasteiger partial charge in [-0.2, -0.15) is 0 Å². The fourth-order valence-corrected chi connectivity index (χ4v) is 2.65. The lowest BCUT2D eigenvalue weighted by molar-refractivity contribution is 0.303. The lowest BCUT2D eigenvalue weighted by Gasteiger charge is -2.18. The fourth-order valence-electron chi connectivity index (χ4n) is 2.45. The Hall–Kier alpha value is -1.03. The van der Waals surface area contributed by atoms with E-state index in [9.17, 15) is 0 Å². The molecule has 0 aliphatic carbocycles. The summed E-state index contributed by atoms with van der Waals surface area (Å²) in [6, 6.07) is 5.77. The zero-order valence-electron chi connectivity index (χ0n) is 11.1. The summed E-state index contributed by atoms with van der Waals surface area (Å²) in [6.07, 6.45) is 2.93. The number of hydrogen-bond acceptors (Lipinski definition) is 3. The van der Waals surface area contributed by atoms with Crippen molar-refractivity contribution in [2.75, 3.05) is 26.2 Å². The maximum Gasteiger partial charge on any atom is 0.124 e. The van der Waals surface area contributed by atoms with Gasteiger partial charge in [-0.3, -0.25) is 4.90 Å².